The van der Waals surface area contributed by atoms with Gasteiger partial charge in [0.25, 0.3) is 0 Å². The number of phenols is 1. The zero-order valence-corrected chi connectivity index (χ0v) is 21.5. The second-order valence-corrected chi connectivity index (χ2v) is 9.42. The van der Waals surface area contributed by atoms with E-state index < -0.39 is 17.0 Å². The topological polar surface area (TPSA) is 37.3 Å². The molecule has 0 aliphatic heterocycles. The van der Waals surface area contributed by atoms with Crippen molar-refractivity contribution in [3.63, 3.8) is 0 Å². The Labute approximate surface area is 210 Å². The highest BCUT2D eigenvalue weighted by Crippen LogP contribution is 2.48. The van der Waals surface area contributed by atoms with Gasteiger partial charge in [-0.05, 0) is 73.9 Å². The summed E-state index contributed by atoms with van der Waals surface area (Å²) in [4.78, 5) is 12.0. The Kier molecular flexibility index (Phi) is 13.2. The standard InChI is InChI=1S/C24H28F2O2.C3H6.2C2H4/c1-16(2)23(28)10-3-17-11-13-24(14-12-17,18-4-7-20(27)8-5-18)21-15-19(25)6-9-22(21)26;1-2-3-1;2*1-2/h4-9,15-17,27H,3,10-14H2,1-2H3;1-3H2;2*1-2H2. The van der Waals surface area contributed by atoms with Gasteiger partial charge in [0.2, 0.25) is 0 Å². The predicted molar refractivity (Wildman–Crippen MR) is 143 cm³/mol. The smallest absolute Gasteiger partial charge is 0.135 e. The van der Waals surface area contributed by atoms with E-state index in [1.54, 1.807) is 12.1 Å². The third-order valence-corrected chi connectivity index (χ3v) is 6.62. The summed E-state index contributed by atoms with van der Waals surface area (Å²) in [5.41, 5.74) is 0.666. The molecular formula is C31H42F2O2. The highest BCUT2D eigenvalue weighted by Gasteiger charge is 2.40. The fraction of sp³-hybridized carbons (Fsp3) is 0.452. The Morgan fingerprint density at radius 1 is 0.971 bits per heavy atom. The number of halogens is 2. The van der Waals surface area contributed by atoms with Crippen LogP contribution in [-0.4, -0.2) is 10.9 Å². The van der Waals surface area contributed by atoms with Gasteiger partial charge in [0.05, 0.1) is 0 Å². The minimum Gasteiger partial charge on any atom is -0.508 e. The van der Waals surface area contributed by atoms with E-state index in [1.807, 2.05) is 26.0 Å². The third-order valence-electron chi connectivity index (χ3n) is 6.62. The van der Waals surface area contributed by atoms with Crippen LogP contribution in [0.3, 0.4) is 0 Å². The van der Waals surface area contributed by atoms with E-state index in [2.05, 4.69) is 26.3 Å². The lowest BCUT2D eigenvalue weighted by atomic mass is 9.62. The quantitative estimate of drug-likeness (QED) is 0.416. The molecule has 0 aromatic heterocycles. The first-order valence-electron chi connectivity index (χ1n) is 12.6. The summed E-state index contributed by atoms with van der Waals surface area (Å²) in [5.74, 6) is 0.0683. The van der Waals surface area contributed by atoms with Crippen molar-refractivity contribution in [1.82, 2.24) is 0 Å². The maximum atomic E-state index is 14.7. The van der Waals surface area contributed by atoms with Crippen LogP contribution < -0.4 is 0 Å². The molecule has 0 heterocycles. The van der Waals surface area contributed by atoms with E-state index in [9.17, 15) is 18.7 Å². The van der Waals surface area contributed by atoms with Gasteiger partial charge < -0.3 is 5.11 Å². The van der Waals surface area contributed by atoms with Crippen molar-refractivity contribution in [3.8, 4) is 5.75 Å². The normalized spacial score (nSPS) is 20.2. The molecule has 192 valence electrons. The molecule has 0 unspecified atom stereocenters. The summed E-state index contributed by atoms with van der Waals surface area (Å²) < 4.78 is 28.7. The van der Waals surface area contributed by atoms with Gasteiger partial charge in [-0.15, -0.1) is 26.3 Å². The van der Waals surface area contributed by atoms with Crippen LogP contribution in [0.5, 0.6) is 5.75 Å². The van der Waals surface area contributed by atoms with Crippen LogP contribution in [-0.2, 0) is 10.2 Å². The first kappa shape index (κ1) is 30.3. The largest absolute Gasteiger partial charge is 0.508 e. The number of phenolic OH excluding ortho intramolecular Hbond substituents is 1. The summed E-state index contributed by atoms with van der Waals surface area (Å²) in [5, 5.41) is 9.65. The third kappa shape index (κ3) is 9.08. The Balaban J connectivity index is 0.000000777. The molecule has 0 atom stereocenters. The van der Waals surface area contributed by atoms with Gasteiger partial charge in [-0.3, -0.25) is 4.79 Å². The molecule has 1 N–H and O–H groups in total. The van der Waals surface area contributed by atoms with Gasteiger partial charge in [-0.1, -0.05) is 45.2 Å². The van der Waals surface area contributed by atoms with Crippen LogP contribution in [0.15, 0.2) is 68.8 Å². The van der Waals surface area contributed by atoms with Crippen molar-refractivity contribution in [3.05, 3.63) is 91.5 Å². The maximum Gasteiger partial charge on any atom is 0.135 e. The number of carbonyl (C=O) groups is 1. The zero-order valence-electron chi connectivity index (χ0n) is 21.5. The van der Waals surface area contributed by atoms with Crippen LogP contribution in [0.4, 0.5) is 8.78 Å². The lowest BCUT2D eigenvalue weighted by Gasteiger charge is -2.41. The van der Waals surface area contributed by atoms with Crippen molar-refractivity contribution < 1.29 is 18.7 Å². The summed E-state index contributed by atoms with van der Waals surface area (Å²) in [6.45, 7) is 15.8. The van der Waals surface area contributed by atoms with E-state index in [0.717, 1.165) is 30.9 Å². The minimum atomic E-state index is -0.613. The SMILES string of the molecule is C1CC1.C=C.C=C.CC(C)C(=O)CCC1CCC(c2ccc(O)cc2)(c2cc(F)ccc2F)CC1. The Bertz CT molecular complexity index is 890. The zero-order chi connectivity index (χ0) is 26.4. The van der Waals surface area contributed by atoms with Crippen LogP contribution in [0, 0.1) is 23.5 Å². The number of carbonyl (C=O) groups excluding carboxylic acids is 1. The van der Waals surface area contributed by atoms with Gasteiger partial charge in [-0.2, -0.15) is 0 Å². The lowest BCUT2D eigenvalue weighted by Crippen LogP contribution is -2.34. The number of hydrogen-bond donors (Lipinski definition) is 1. The molecular weight excluding hydrogens is 442 g/mol. The van der Waals surface area contributed by atoms with Crippen molar-refractivity contribution in [2.24, 2.45) is 11.8 Å². The van der Waals surface area contributed by atoms with Crippen molar-refractivity contribution in [2.45, 2.75) is 77.0 Å². The Morgan fingerprint density at radius 2 is 1.51 bits per heavy atom. The molecule has 2 aromatic rings. The van der Waals surface area contributed by atoms with Crippen LogP contribution in [0.25, 0.3) is 0 Å². The van der Waals surface area contributed by atoms with E-state index >= 15 is 0 Å². The fourth-order valence-electron chi connectivity index (χ4n) is 4.45. The molecule has 35 heavy (non-hydrogen) atoms. The molecule has 4 rings (SSSR count). The molecule has 0 radical (unpaired) electrons. The van der Waals surface area contributed by atoms with Gasteiger partial charge in [0.15, 0.2) is 0 Å². The van der Waals surface area contributed by atoms with Crippen LogP contribution in [0.2, 0.25) is 0 Å². The molecule has 2 aliphatic rings. The monoisotopic (exact) mass is 484 g/mol. The Morgan fingerprint density at radius 3 is 2.00 bits per heavy atom. The number of Topliss-reactive ketones (excluding diaryl/α,β-unsaturated/α-hetero) is 1. The minimum absolute atomic E-state index is 0.0565. The van der Waals surface area contributed by atoms with Gasteiger partial charge in [0, 0.05) is 23.3 Å². The molecule has 2 nitrogen and oxygen atoms in total. The van der Waals surface area contributed by atoms with Crippen molar-refractivity contribution in [2.75, 3.05) is 0 Å². The molecule has 4 heteroatoms. The van der Waals surface area contributed by atoms with E-state index in [4.69, 9.17) is 0 Å². The summed E-state index contributed by atoms with van der Waals surface area (Å²) >= 11 is 0. The number of aromatic hydroxyl groups is 1. The summed E-state index contributed by atoms with van der Waals surface area (Å²) in [6.07, 6.45) is 9.05. The fourth-order valence-corrected chi connectivity index (χ4v) is 4.45. The maximum absolute atomic E-state index is 14.7. The first-order valence-corrected chi connectivity index (χ1v) is 12.6. The average molecular weight is 485 g/mol. The molecule has 2 aliphatic carbocycles. The molecule has 2 aromatic carbocycles. The van der Waals surface area contributed by atoms with E-state index in [1.165, 1.54) is 31.4 Å². The van der Waals surface area contributed by atoms with E-state index in [-0.39, 0.29) is 17.5 Å². The second-order valence-electron chi connectivity index (χ2n) is 9.42. The van der Waals surface area contributed by atoms with E-state index in [0.29, 0.717) is 30.7 Å². The number of rotatable bonds is 6. The highest BCUT2D eigenvalue weighted by atomic mass is 19.1. The molecule has 2 saturated carbocycles. The number of ketones is 1. The van der Waals surface area contributed by atoms with Gasteiger partial charge >= 0.3 is 0 Å². The number of benzene rings is 2. The number of hydrogen-bond acceptors (Lipinski definition) is 2. The van der Waals surface area contributed by atoms with Crippen molar-refractivity contribution >= 4 is 5.78 Å². The van der Waals surface area contributed by atoms with Crippen LogP contribution >= 0.6 is 0 Å². The molecule has 2 fully saturated rings. The Hall–Kier alpha value is -2.75. The molecule has 0 bridgehead atoms. The van der Waals surface area contributed by atoms with Crippen molar-refractivity contribution in [1.29, 1.82) is 0 Å². The summed E-state index contributed by atoms with van der Waals surface area (Å²) in [6, 6.07) is 10.5. The molecule has 0 spiro atoms. The lowest BCUT2D eigenvalue weighted by molar-refractivity contribution is -0.122. The second kappa shape index (κ2) is 15.3. The highest BCUT2D eigenvalue weighted by molar-refractivity contribution is 5.80. The van der Waals surface area contributed by atoms with Gasteiger partial charge in [0.1, 0.15) is 23.2 Å². The predicted octanol–water partition coefficient (Wildman–Crippen LogP) is 8.93. The first-order chi connectivity index (χ1) is 16.8. The average Bonchev–Trinajstić information content (AvgIpc) is 3.77. The summed E-state index contributed by atoms with van der Waals surface area (Å²) in [7, 11) is 0. The van der Waals surface area contributed by atoms with Crippen LogP contribution in [0.1, 0.15) is 82.8 Å². The van der Waals surface area contributed by atoms with Gasteiger partial charge in [-0.25, -0.2) is 8.78 Å². The molecule has 0 amide bonds. The molecule has 0 saturated heterocycles.